The minimum absolute atomic E-state index is 0.200. The number of carbonyl (C=O) groups excluding carboxylic acids is 1. The summed E-state index contributed by atoms with van der Waals surface area (Å²) in [5.41, 5.74) is 2.65. The zero-order chi connectivity index (χ0) is 17.8. The number of hydrogen-bond acceptors (Lipinski definition) is 2. The van der Waals surface area contributed by atoms with Crippen LogP contribution in [0.1, 0.15) is 42.9 Å². The Labute approximate surface area is 156 Å². The first-order valence-electron chi connectivity index (χ1n) is 9.93. The van der Waals surface area contributed by atoms with Gasteiger partial charge in [-0.3, -0.25) is 9.69 Å². The molecule has 4 rings (SSSR count). The van der Waals surface area contributed by atoms with Gasteiger partial charge < -0.3 is 4.90 Å². The molecule has 1 atom stereocenters. The number of likely N-dealkylation sites (tertiary alicyclic amines) is 2. The van der Waals surface area contributed by atoms with E-state index in [9.17, 15) is 4.79 Å². The van der Waals surface area contributed by atoms with Crippen molar-refractivity contribution in [1.29, 1.82) is 0 Å². The van der Waals surface area contributed by atoms with Crippen molar-refractivity contribution >= 4 is 5.91 Å². The van der Waals surface area contributed by atoms with Gasteiger partial charge in [0.1, 0.15) is 0 Å². The molecule has 0 bridgehead atoms. The van der Waals surface area contributed by atoms with Crippen molar-refractivity contribution in [2.24, 2.45) is 5.92 Å². The topological polar surface area (TPSA) is 23.6 Å². The van der Waals surface area contributed by atoms with E-state index in [-0.39, 0.29) is 12.0 Å². The first-order valence-corrected chi connectivity index (χ1v) is 9.93. The molecule has 2 aliphatic heterocycles. The Kier molecular flexibility index (Phi) is 5.35. The maximum Gasteiger partial charge on any atom is 0.226 e. The van der Waals surface area contributed by atoms with Gasteiger partial charge in [0.2, 0.25) is 5.91 Å². The van der Waals surface area contributed by atoms with Gasteiger partial charge in [-0.25, -0.2) is 0 Å². The standard InChI is InChI=1S/C23H28N2O/c26-23(25-15-7-12-22(25)20-10-5-2-6-11-20)21-13-16-24(17-14-21)18-19-8-3-1-4-9-19/h1-6,8-11,21-22H,7,12-18H2/t22-/m0/s1. The van der Waals surface area contributed by atoms with Crippen LogP contribution in [0.2, 0.25) is 0 Å². The molecule has 3 heteroatoms. The fourth-order valence-electron chi connectivity index (χ4n) is 4.47. The van der Waals surface area contributed by atoms with Gasteiger partial charge in [0, 0.05) is 19.0 Å². The van der Waals surface area contributed by atoms with Crippen molar-refractivity contribution < 1.29 is 4.79 Å². The molecule has 136 valence electrons. The van der Waals surface area contributed by atoms with E-state index in [1.165, 1.54) is 11.1 Å². The normalized spacial score (nSPS) is 21.8. The molecule has 0 aromatic heterocycles. The van der Waals surface area contributed by atoms with Crippen molar-refractivity contribution in [1.82, 2.24) is 9.80 Å². The third-order valence-corrected chi connectivity index (χ3v) is 5.91. The zero-order valence-electron chi connectivity index (χ0n) is 15.4. The second-order valence-corrected chi connectivity index (χ2v) is 7.64. The van der Waals surface area contributed by atoms with Crippen molar-refractivity contribution in [3.63, 3.8) is 0 Å². The highest BCUT2D eigenvalue weighted by Crippen LogP contribution is 2.34. The van der Waals surface area contributed by atoms with Crippen LogP contribution in [0, 0.1) is 5.92 Å². The summed E-state index contributed by atoms with van der Waals surface area (Å²) >= 11 is 0. The molecule has 0 radical (unpaired) electrons. The maximum atomic E-state index is 13.2. The van der Waals surface area contributed by atoms with Crippen LogP contribution in [0.5, 0.6) is 0 Å². The summed E-state index contributed by atoms with van der Waals surface area (Å²) in [6.07, 6.45) is 4.20. The van der Waals surface area contributed by atoms with Crippen LogP contribution in [0.3, 0.4) is 0 Å². The summed E-state index contributed by atoms with van der Waals surface area (Å²) in [4.78, 5) is 17.8. The highest BCUT2D eigenvalue weighted by molar-refractivity contribution is 5.79. The van der Waals surface area contributed by atoms with Crippen LogP contribution in [-0.4, -0.2) is 35.3 Å². The average Bonchev–Trinajstić information content (AvgIpc) is 3.19. The first-order chi connectivity index (χ1) is 12.8. The summed E-state index contributed by atoms with van der Waals surface area (Å²) in [6.45, 7) is 3.96. The number of carbonyl (C=O) groups is 1. The molecule has 2 aromatic carbocycles. The van der Waals surface area contributed by atoms with Crippen LogP contribution < -0.4 is 0 Å². The minimum atomic E-state index is 0.200. The number of piperidine rings is 1. The van der Waals surface area contributed by atoms with E-state index in [0.717, 1.165) is 51.9 Å². The lowest BCUT2D eigenvalue weighted by Crippen LogP contribution is -2.42. The Hall–Kier alpha value is -2.13. The van der Waals surface area contributed by atoms with E-state index in [1.807, 2.05) is 6.07 Å². The fourth-order valence-corrected chi connectivity index (χ4v) is 4.47. The Morgan fingerprint density at radius 2 is 1.50 bits per heavy atom. The fraction of sp³-hybridized carbons (Fsp3) is 0.435. The highest BCUT2D eigenvalue weighted by Gasteiger charge is 2.35. The molecule has 2 aromatic rings. The minimum Gasteiger partial charge on any atom is -0.335 e. The predicted octanol–water partition coefficient (Wildman–Crippen LogP) is 4.26. The van der Waals surface area contributed by atoms with Crippen LogP contribution >= 0.6 is 0 Å². The number of nitrogens with zero attached hydrogens (tertiary/aromatic N) is 2. The van der Waals surface area contributed by atoms with Gasteiger partial charge >= 0.3 is 0 Å². The molecule has 0 saturated carbocycles. The number of rotatable bonds is 4. The number of hydrogen-bond donors (Lipinski definition) is 0. The smallest absolute Gasteiger partial charge is 0.226 e. The molecular weight excluding hydrogens is 320 g/mol. The van der Waals surface area contributed by atoms with Crippen molar-refractivity contribution in [3.8, 4) is 0 Å². The summed E-state index contributed by atoms with van der Waals surface area (Å²) in [6, 6.07) is 21.5. The third-order valence-electron chi connectivity index (χ3n) is 5.91. The van der Waals surface area contributed by atoms with E-state index >= 15 is 0 Å². The lowest BCUT2D eigenvalue weighted by atomic mass is 9.94. The van der Waals surface area contributed by atoms with Crippen molar-refractivity contribution in [3.05, 3.63) is 71.8 Å². The van der Waals surface area contributed by atoms with Gasteiger partial charge in [-0.2, -0.15) is 0 Å². The van der Waals surface area contributed by atoms with E-state index < -0.39 is 0 Å². The predicted molar refractivity (Wildman–Crippen MR) is 105 cm³/mol. The summed E-state index contributed by atoms with van der Waals surface area (Å²) in [5.74, 6) is 0.585. The maximum absolute atomic E-state index is 13.2. The Morgan fingerprint density at radius 1 is 0.846 bits per heavy atom. The van der Waals surface area contributed by atoms with Gasteiger partial charge in [0.25, 0.3) is 0 Å². The van der Waals surface area contributed by atoms with E-state index in [2.05, 4.69) is 64.4 Å². The first kappa shape index (κ1) is 17.3. The van der Waals surface area contributed by atoms with Crippen LogP contribution in [0.25, 0.3) is 0 Å². The average molecular weight is 348 g/mol. The largest absolute Gasteiger partial charge is 0.335 e. The molecule has 0 aliphatic carbocycles. The number of amides is 1. The Bertz CT molecular complexity index is 708. The van der Waals surface area contributed by atoms with Gasteiger partial charge in [0.15, 0.2) is 0 Å². The van der Waals surface area contributed by atoms with Crippen LogP contribution in [0.4, 0.5) is 0 Å². The van der Waals surface area contributed by atoms with Crippen LogP contribution in [0.15, 0.2) is 60.7 Å². The summed E-state index contributed by atoms with van der Waals surface area (Å²) < 4.78 is 0. The molecule has 0 unspecified atom stereocenters. The zero-order valence-corrected chi connectivity index (χ0v) is 15.4. The van der Waals surface area contributed by atoms with Gasteiger partial charge in [-0.1, -0.05) is 60.7 Å². The highest BCUT2D eigenvalue weighted by atomic mass is 16.2. The molecule has 26 heavy (non-hydrogen) atoms. The summed E-state index contributed by atoms with van der Waals surface area (Å²) in [7, 11) is 0. The molecule has 1 amide bonds. The Balaban J connectivity index is 1.34. The van der Waals surface area contributed by atoms with Gasteiger partial charge in [-0.15, -0.1) is 0 Å². The van der Waals surface area contributed by atoms with Crippen molar-refractivity contribution in [2.75, 3.05) is 19.6 Å². The second kappa shape index (κ2) is 8.05. The van der Waals surface area contributed by atoms with E-state index in [4.69, 9.17) is 0 Å². The molecule has 2 saturated heterocycles. The van der Waals surface area contributed by atoms with Crippen molar-refractivity contribution in [2.45, 2.75) is 38.3 Å². The second-order valence-electron chi connectivity index (χ2n) is 7.64. The SMILES string of the molecule is O=C(C1CCN(Cc2ccccc2)CC1)N1CCC[C@H]1c1ccccc1. The van der Waals surface area contributed by atoms with Gasteiger partial charge in [-0.05, 0) is 49.9 Å². The lowest BCUT2D eigenvalue weighted by molar-refractivity contribution is -0.138. The molecule has 3 nitrogen and oxygen atoms in total. The third kappa shape index (κ3) is 3.83. The molecule has 2 aliphatic rings. The van der Waals surface area contributed by atoms with E-state index in [0.29, 0.717) is 5.91 Å². The molecule has 0 spiro atoms. The molecule has 2 heterocycles. The quantitative estimate of drug-likeness (QED) is 0.824. The summed E-state index contributed by atoms with van der Waals surface area (Å²) in [5, 5.41) is 0. The lowest BCUT2D eigenvalue weighted by Gasteiger charge is -2.35. The molecular formula is C23H28N2O. The van der Waals surface area contributed by atoms with Gasteiger partial charge in [0.05, 0.1) is 6.04 Å². The number of benzene rings is 2. The van der Waals surface area contributed by atoms with Crippen LogP contribution in [-0.2, 0) is 11.3 Å². The molecule has 2 fully saturated rings. The Morgan fingerprint density at radius 3 is 2.19 bits per heavy atom. The monoisotopic (exact) mass is 348 g/mol. The molecule has 0 N–H and O–H groups in total. The van der Waals surface area contributed by atoms with E-state index in [1.54, 1.807) is 0 Å².